The van der Waals surface area contributed by atoms with Crippen molar-refractivity contribution < 1.29 is 9.59 Å². The van der Waals surface area contributed by atoms with Gasteiger partial charge in [-0.15, -0.1) is 0 Å². The Hall–Kier alpha value is -7.69. The molecule has 0 saturated carbocycles. The molecule has 0 spiro atoms. The first-order chi connectivity index (χ1) is 28.1. The maximum absolute atomic E-state index is 13.3. The van der Waals surface area contributed by atoms with Crippen LogP contribution in [0.25, 0.3) is 72.0 Å². The molecule has 10 aromatic rings. The standard InChI is InChI=1S/C53H34N2O2/c56-51(35-13-3-1-4-14-35)44-23-11-20-40(31-44)37-17-9-18-38(29-37)42-27-28-49-50(33-42)55-34-48(46-25-7-8-26-47(46)53(55)54-49)43-22-10-19-39(30-43)41-21-12-24-45(32-41)52(57)36-15-5-2-6-16-36/h1-34H. The summed E-state index contributed by atoms with van der Waals surface area (Å²) in [6.07, 6.45) is 2.21. The molecule has 0 aliphatic rings. The second-order valence-corrected chi connectivity index (χ2v) is 14.3. The van der Waals surface area contributed by atoms with E-state index in [-0.39, 0.29) is 11.6 Å². The predicted octanol–water partition coefficient (Wildman–Crippen LogP) is 12.8. The van der Waals surface area contributed by atoms with Crippen molar-refractivity contribution in [3.8, 4) is 44.5 Å². The molecule has 0 atom stereocenters. The molecule has 0 N–H and O–H groups in total. The summed E-state index contributed by atoms with van der Waals surface area (Å²) in [5.41, 5.74) is 13.9. The summed E-state index contributed by atoms with van der Waals surface area (Å²) in [5.74, 6) is 0.0162. The number of rotatable bonds is 8. The number of fused-ring (bicyclic) bond motifs is 5. The normalized spacial score (nSPS) is 11.3. The lowest BCUT2D eigenvalue weighted by molar-refractivity contribution is 0.103. The third-order valence-corrected chi connectivity index (χ3v) is 10.8. The Morgan fingerprint density at radius 1 is 0.368 bits per heavy atom. The van der Waals surface area contributed by atoms with E-state index >= 15 is 0 Å². The Balaban J connectivity index is 1.04. The molecular weight excluding hydrogens is 697 g/mol. The van der Waals surface area contributed by atoms with Gasteiger partial charge in [-0.05, 0) is 80.7 Å². The highest BCUT2D eigenvalue weighted by atomic mass is 16.1. The molecule has 0 saturated heterocycles. The zero-order valence-electron chi connectivity index (χ0n) is 30.8. The van der Waals surface area contributed by atoms with Gasteiger partial charge < -0.3 is 0 Å². The van der Waals surface area contributed by atoms with Gasteiger partial charge in [0.05, 0.1) is 11.0 Å². The summed E-state index contributed by atoms with van der Waals surface area (Å²) in [7, 11) is 0. The number of pyridine rings is 1. The van der Waals surface area contributed by atoms with Gasteiger partial charge in [-0.2, -0.15) is 0 Å². The van der Waals surface area contributed by atoms with Crippen LogP contribution in [0.15, 0.2) is 206 Å². The summed E-state index contributed by atoms with van der Waals surface area (Å²) in [4.78, 5) is 31.7. The van der Waals surface area contributed by atoms with Gasteiger partial charge in [-0.25, -0.2) is 4.98 Å². The third kappa shape index (κ3) is 6.29. The van der Waals surface area contributed by atoms with Crippen LogP contribution in [0.1, 0.15) is 31.8 Å². The second-order valence-electron chi connectivity index (χ2n) is 14.3. The van der Waals surface area contributed by atoms with Crippen LogP contribution in [-0.2, 0) is 0 Å². The van der Waals surface area contributed by atoms with Crippen molar-refractivity contribution in [1.29, 1.82) is 0 Å². The molecule has 0 unspecified atom stereocenters. The maximum Gasteiger partial charge on any atom is 0.193 e. The molecule has 0 amide bonds. The minimum atomic E-state index is 0.00709. The first-order valence-electron chi connectivity index (χ1n) is 19.0. The van der Waals surface area contributed by atoms with Crippen molar-refractivity contribution in [2.24, 2.45) is 0 Å². The van der Waals surface area contributed by atoms with E-state index in [4.69, 9.17) is 4.98 Å². The predicted molar refractivity (Wildman–Crippen MR) is 232 cm³/mol. The van der Waals surface area contributed by atoms with Gasteiger partial charge in [-0.1, -0.05) is 164 Å². The van der Waals surface area contributed by atoms with Gasteiger partial charge in [0.25, 0.3) is 0 Å². The van der Waals surface area contributed by atoms with Gasteiger partial charge in [0.1, 0.15) is 5.65 Å². The summed E-state index contributed by atoms with van der Waals surface area (Å²) in [6.45, 7) is 0. The summed E-state index contributed by atoms with van der Waals surface area (Å²) in [5, 5.41) is 2.19. The molecule has 10 rings (SSSR count). The fourth-order valence-electron chi connectivity index (χ4n) is 7.87. The van der Waals surface area contributed by atoms with Crippen molar-refractivity contribution in [2.75, 3.05) is 0 Å². The van der Waals surface area contributed by atoms with Crippen molar-refractivity contribution in [2.45, 2.75) is 0 Å². The van der Waals surface area contributed by atoms with Crippen LogP contribution in [0.4, 0.5) is 0 Å². The molecule has 0 aliphatic heterocycles. The first kappa shape index (κ1) is 33.8. The van der Waals surface area contributed by atoms with Crippen LogP contribution in [0.2, 0.25) is 0 Å². The van der Waals surface area contributed by atoms with E-state index in [0.717, 1.165) is 72.0 Å². The summed E-state index contributed by atoms with van der Waals surface area (Å²) >= 11 is 0. The highest BCUT2D eigenvalue weighted by molar-refractivity contribution is 6.10. The molecule has 4 nitrogen and oxygen atoms in total. The average molecular weight is 731 g/mol. The number of hydrogen-bond acceptors (Lipinski definition) is 3. The van der Waals surface area contributed by atoms with Crippen molar-refractivity contribution >= 4 is 39.0 Å². The maximum atomic E-state index is 13.3. The second kappa shape index (κ2) is 14.2. The molecule has 2 aromatic heterocycles. The quantitative estimate of drug-likeness (QED) is 0.146. The van der Waals surface area contributed by atoms with Crippen LogP contribution >= 0.6 is 0 Å². The van der Waals surface area contributed by atoms with Gasteiger partial charge in [0, 0.05) is 39.4 Å². The lowest BCUT2D eigenvalue weighted by Gasteiger charge is -2.12. The zero-order chi connectivity index (χ0) is 38.3. The average Bonchev–Trinajstić information content (AvgIpc) is 3.67. The number of nitrogens with zero attached hydrogens (tertiary/aromatic N) is 2. The number of carbonyl (C=O) groups is 2. The van der Waals surface area contributed by atoms with E-state index in [2.05, 4.69) is 114 Å². The molecule has 0 bridgehead atoms. The first-order valence-corrected chi connectivity index (χ1v) is 19.0. The minimum absolute atomic E-state index is 0.00709. The van der Waals surface area contributed by atoms with Gasteiger partial charge in [0.15, 0.2) is 11.6 Å². The highest BCUT2D eigenvalue weighted by Crippen LogP contribution is 2.36. The molecule has 57 heavy (non-hydrogen) atoms. The molecule has 8 aromatic carbocycles. The fourth-order valence-corrected chi connectivity index (χ4v) is 7.87. The number of aromatic nitrogens is 2. The van der Waals surface area contributed by atoms with E-state index in [9.17, 15) is 9.59 Å². The number of imidazole rings is 1. The molecule has 0 aliphatic carbocycles. The Morgan fingerprint density at radius 3 is 1.39 bits per heavy atom. The van der Waals surface area contributed by atoms with Gasteiger partial charge >= 0.3 is 0 Å². The van der Waals surface area contributed by atoms with Gasteiger partial charge in [0.2, 0.25) is 0 Å². The van der Waals surface area contributed by atoms with E-state index in [0.29, 0.717) is 22.3 Å². The van der Waals surface area contributed by atoms with Crippen molar-refractivity contribution in [3.63, 3.8) is 0 Å². The largest absolute Gasteiger partial charge is 0.298 e. The number of ketones is 2. The van der Waals surface area contributed by atoms with E-state index < -0.39 is 0 Å². The van der Waals surface area contributed by atoms with Crippen LogP contribution in [-0.4, -0.2) is 21.0 Å². The number of hydrogen-bond donors (Lipinski definition) is 0. The lowest BCUT2D eigenvalue weighted by Crippen LogP contribution is -2.00. The van der Waals surface area contributed by atoms with Crippen molar-refractivity contribution in [1.82, 2.24) is 9.38 Å². The third-order valence-electron chi connectivity index (χ3n) is 10.8. The Morgan fingerprint density at radius 2 is 0.807 bits per heavy atom. The number of benzene rings is 8. The topological polar surface area (TPSA) is 51.4 Å². The van der Waals surface area contributed by atoms with Crippen LogP contribution < -0.4 is 0 Å². The monoisotopic (exact) mass is 730 g/mol. The Bertz CT molecular complexity index is 3160. The molecule has 0 fully saturated rings. The van der Waals surface area contributed by atoms with Gasteiger partial charge in [-0.3, -0.25) is 14.0 Å². The zero-order valence-corrected chi connectivity index (χ0v) is 30.8. The van der Waals surface area contributed by atoms with Crippen molar-refractivity contribution in [3.05, 3.63) is 229 Å². The fraction of sp³-hybridized carbons (Fsp3) is 0. The molecule has 0 radical (unpaired) electrons. The summed E-state index contributed by atoms with van der Waals surface area (Å²) in [6, 6.07) is 66.4. The van der Waals surface area contributed by atoms with E-state index in [1.54, 1.807) is 0 Å². The summed E-state index contributed by atoms with van der Waals surface area (Å²) < 4.78 is 2.21. The van der Waals surface area contributed by atoms with E-state index in [1.807, 2.05) is 97.1 Å². The van der Waals surface area contributed by atoms with E-state index in [1.165, 1.54) is 0 Å². The lowest BCUT2D eigenvalue weighted by atomic mass is 9.94. The molecule has 4 heteroatoms. The SMILES string of the molecule is O=C(c1ccccc1)c1cccc(-c2cccc(-c3ccc4nc5c6ccccc6c(-c6cccc(-c7cccc(C(=O)c8ccccc8)c7)c6)cn5c4c3)c2)c1. The molecule has 2 heterocycles. The Labute approximate surface area is 330 Å². The Kier molecular flexibility index (Phi) is 8.42. The van der Waals surface area contributed by atoms with Crippen LogP contribution in [0.3, 0.4) is 0 Å². The smallest absolute Gasteiger partial charge is 0.193 e. The minimum Gasteiger partial charge on any atom is -0.298 e. The molecule has 268 valence electrons. The number of carbonyl (C=O) groups excluding carboxylic acids is 2. The highest BCUT2D eigenvalue weighted by Gasteiger charge is 2.16. The molecular formula is C53H34N2O2. The van der Waals surface area contributed by atoms with Crippen LogP contribution in [0.5, 0.6) is 0 Å². The van der Waals surface area contributed by atoms with Crippen LogP contribution in [0, 0.1) is 0 Å².